The second-order valence-electron chi connectivity index (χ2n) is 3.51. The van der Waals surface area contributed by atoms with Crippen molar-refractivity contribution in [2.24, 2.45) is 5.92 Å². The molecule has 13 heavy (non-hydrogen) atoms. The number of amides is 1. The van der Waals surface area contributed by atoms with Gasteiger partial charge in [0, 0.05) is 6.54 Å². The van der Waals surface area contributed by atoms with Gasteiger partial charge in [-0.3, -0.25) is 4.79 Å². The van der Waals surface area contributed by atoms with Crippen LogP contribution in [0.25, 0.3) is 0 Å². The molecular weight excluding hydrogens is 182 g/mol. The van der Waals surface area contributed by atoms with Gasteiger partial charge in [-0.1, -0.05) is 13.8 Å². The van der Waals surface area contributed by atoms with Gasteiger partial charge in [0.05, 0.1) is 6.42 Å². The van der Waals surface area contributed by atoms with Gasteiger partial charge in [-0.15, -0.1) is 0 Å². The van der Waals surface area contributed by atoms with Crippen molar-refractivity contribution in [2.75, 3.05) is 6.54 Å². The molecule has 72 valence electrons. The maximum atomic E-state index is 11.3. The molecule has 0 radical (unpaired) electrons. The van der Waals surface area contributed by atoms with Gasteiger partial charge in [0.25, 0.3) is 0 Å². The van der Waals surface area contributed by atoms with Crippen molar-refractivity contribution < 1.29 is 4.79 Å². The van der Waals surface area contributed by atoms with Crippen LogP contribution in [0.5, 0.6) is 0 Å². The number of thiophene rings is 1. The molecule has 1 N–H and O–H groups in total. The van der Waals surface area contributed by atoms with Crippen molar-refractivity contribution in [3.05, 3.63) is 22.4 Å². The molecule has 0 aromatic carbocycles. The van der Waals surface area contributed by atoms with Crippen molar-refractivity contribution in [1.29, 1.82) is 0 Å². The van der Waals surface area contributed by atoms with E-state index in [1.54, 1.807) is 11.3 Å². The molecule has 1 amide bonds. The molecule has 0 aliphatic carbocycles. The largest absolute Gasteiger partial charge is 0.356 e. The highest BCUT2D eigenvalue weighted by Gasteiger charge is 2.03. The first-order chi connectivity index (χ1) is 6.18. The smallest absolute Gasteiger partial charge is 0.224 e. The highest BCUT2D eigenvalue weighted by Crippen LogP contribution is 2.06. The van der Waals surface area contributed by atoms with E-state index >= 15 is 0 Å². The Morgan fingerprint density at radius 2 is 2.38 bits per heavy atom. The number of carbonyl (C=O) groups excluding carboxylic acids is 1. The summed E-state index contributed by atoms with van der Waals surface area (Å²) in [5.41, 5.74) is 1.10. The predicted molar refractivity (Wildman–Crippen MR) is 55.9 cm³/mol. The fourth-order valence-corrected chi connectivity index (χ4v) is 1.63. The molecule has 0 aliphatic rings. The van der Waals surface area contributed by atoms with E-state index in [9.17, 15) is 4.79 Å². The van der Waals surface area contributed by atoms with E-state index in [0.29, 0.717) is 12.3 Å². The summed E-state index contributed by atoms with van der Waals surface area (Å²) in [5.74, 6) is 0.638. The van der Waals surface area contributed by atoms with Crippen LogP contribution in [0.4, 0.5) is 0 Å². The van der Waals surface area contributed by atoms with E-state index in [1.807, 2.05) is 16.8 Å². The fourth-order valence-electron chi connectivity index (χ4n) is 0.959. The molecule has 0 aliphatic heterocycles. The van der Waals surface area contributed by atoms with Gasteiger partial charge in [0.1, 0.15) is 0 Å². The second kappa shape index (κ2) is 5.02. The minimum absolute atomic E-state index is 0.118. The summed E-state index contributed by atoms with van der Waals surface area (Å²) in [6.45, 7) is 4.94. The summed E-state index contributed by atoms with van der Waals surface area (Å²) in [6.07, 6.45) is 0.510. The highest BCUT2D eigenvalue weighted by atomic mass is 32.1. The molecule has 1 rings (SSSR count). The minimum Gasteiger partial charge on any atom is -0.356 e. The van der Waals surface area contributed by atoms with Gasteiger partial charge in [0.2, 0.25) is 5.91 Å². The summed E-state index contributed by atoms with van der Waals surface area (Å²) in [7, 11) is 0. The number of nitrogens with one attached hydrogen (secondary N) is 1. The zero-order chi connectivity index (χ0) is 9.68. The number of carbonyl (C=O) groups is 1. The molecule has 0 unspecified atom stereocenters. The average molecular weight is 197 g/mol. The van der Waals surface area contributed by atoms with Crippen LogP contribution in [0.2, 0.25) is 0 Å². The Morgan fingerprint density at radius 1 is 1.62 bits per heavy atom. The Balaban J connectivity index is 2.26. The first-order valence-electron chi connectivity index (χ1n) is 4.46. The van der Waals surface area contributed by atoms with Gasteiger partial charge in [-0.05, 0) is 28.3 Å². The van der Waals surface area contributed by atoms with Crippen LogP contribution in [0.1, 0.15) is 19.4 Å². The van der Waals surface area contributed by atoms with Crippen LogP contribution in [0.15, 0.2) is 16.8 Å². The molecule has 1 aromatic rings. The Kier molecular flexibility index (Phi) is 3.96. The lowest BCUT2D eigenvalue weighted by molar-refractivity contribution is -0.120. The number of hydrogen-bond donors (Lipinski definition) is 1. The van der Waals surface area contributed by atoms with Gasteiger partial charge in [-0.25, -0.2) is 0 Å². The normalized spacial score (nSPS) is 10.4. The third-order valence-corrected chi connectivity index (χ3v) is 2.38. The summed E-state index contributed by atoms with van der Waals surface area (Å²) in [4.78, 5) is 11.3. The molecule has 0 bridgehead atoms. The third kappa shape index (κ3) is 4.08. The SMILES string of the molecule is CC(C)CNC(=O)Cc1ccsc1. The van der Waals surface area contributed by atoms with Crippen LogP contribution < -0.4 is 5.32 Å². The van der Waals surface area contributed by atoms with Gasteiger partial charge in [0.15, 0.2) is 0 Å². The first kappa shape index (κ1) is 10.3. The average Bonchev–Trinajstić information content (AvgIpc) is 2.53. The van der Waals surface area contributed by atoms with Crippen LogP contribution in [-0.4, -0.2) is 12.5 Å². The third-order valence-electron chi connectivity index (χ3n) is 1.65. The van der Waals surface area contributed by atoms with Crippen LogP contribution in [0, 0.1) is 5.92 Å². The summed E-state index contributed by atoms with van der Waals surface area (Å²) < 4.78 is 0. The van der Waals surface area contributed by atoms with Crippen molar-refractivity contribution in [2.45, 2.75) is 20.3 Å². The highest BCUT2D eigenvalue weighted by molar-refractivity contribution is 7.07. The standard InChI is InChI=1S/C10H15NOS/c1-8(2)6-11-10(12)5-9-3-4-13-7-9/h3-4,7-8H,5-6H2,1-2H3,(H,11,12). The fraction of sp³-hybridized carbons (Fsp3) is 0.500. The van der Waals surface area contributed by atoms with E-state index < -0.39 is 0 Å². The lowest BCUT2D eigenvalue weighted by Crippen LogP contribution is -2.28. The molecule has 0 atom stereocenters. The van der Waals surface area contributed by atoms with E-state index in [2.05, 4.69) is 19.2 Å². The zero-order valence-electron chi connectivity index (χ0n) is 8.04. The lowest BCUT2D eigenvalue weighted by atomic mass is 10.2. The number of rotatable bonds is 4. The zero-order valence-corrected chi connectivity index (χ0v) is 8.86. The molecule has 1 heterocycles. The number of hydrogen-bond acceptors (Lipinski definition) is 2. The van der Waals surface area contributed by atoms with Gasteiger partial charge in [-0.2, -0.15) is 11.3 Å². The van der Waals surface area contributed by atoms with Gasteiger partial charge >= 0.3 is 0 Å². The molecule has 3 heteroatoms. The predicted octanol–water partition coefficient (Wildman–Crippen LogP) is 2.06. The van der Waals surface area contributed by atoms with E-state index in [0.717, 1.165) is 12.1 Å². The van der Waals surface area contributed by atoms with Crippen LogP contribution >= 0.6 is 11.3 Å². The van der Waals surface area contributed by atoms with Crippen molar-refractivity contribution in [3.8, 4) is 0 Å². The second-order valence-corrected chi connectivity index (χ2v) is 4.29. The van der Waals surface area contributed by atoms with Gasteiger partial charge < -0.3 is 5.32 Å². The van der Waals surface area contributed by atoms with E-state index in [-0.39, 0.29) is 5.91 Å². The Labute approximate surface area is 83.0 Å². The van der Waals surface area contributed by atoms with E-state index in [1.165, 1.54) is 0 Å². The minimum atomic E-state index is 0.118. The van der Waals surface area contributed by atoms with Crippen molar-refractivity contribution in [1.82, 2.24) is 5.32 Å². The maximum Gasteiger partial charge on any atom is 0.224 e. The van der Waals surface area contributed by atoms with E-state index in [4.69, 9.17) is 0 Å². The van der Waals surface area contributed by atoms with Crippen LogP contribution in [-0.2, 0) is 11.2 Å². The molecule has 0 saturated heterocycles. The molecule has 0 spiro atoms. The Morgan fingerprint density at radius 3 is 2.92 bits per heavy atom. The van der Waals surface area contributed by atoms with Crippen molar-refractivity contribution in [3.63, 3.8) is 0 Å². The lowest BCUT2D eigenvalue weighted by Gasteiger charge is -2.06. The molecule has 1 aromatic heterocycles. The first-order valence-corrected chi connectivity index (χ1v) is 5.40. The molecule has 0 fully saturated rings. The quantitative estimate of drug-likeness (QED) is 0.786. The molecule has 0 saturated carbocycles. The van der Waals surface area contributed by atoms with Crippen molar-refractivity contribution >= 4 is 17.2 Å². The summed E-state index contributed by atoms with van der Waals surface area (Å²) in [6, 6.07) is 1.99. The van der Waals surface area contributed by atoms with Crippen LogP contribution in [0.3, 0.4) is 0 Å². The Bertz CT molecular complexity index is 254. The topological polar surface area (TPSA) is 29.1 Å². The summed E-state index contributed by atoms with van der Waals surface area (Å²) in [5, 5.41) is 6.89. The Hall–Kier alpha value is -0.830. The maximum absolute atomic E-state index is 11.3. The molecule has 2 nitrogen and oxygen atoms in total. The summed E-state index contributed by atoms with van der Waals surface area (Å²) >= 11 is 1.63. The molecular formula is C10H15NOS. The monoisotopic (exact) mass is 197 g/mol.